The summed E-state index contributed by atoms with van der Waals surface area (Å²) >= 11 is 8.33. The van der Waals surface area contributed by atoms with Crippen LogP contribution in [0.3, 0.4) is 0 Å². The predicted molar refractivity (Wildman–Crippen MR) is 79.4 cm³/mol. The first kappa shape index (κ1) is 12.7. The van der Waals surface area contributed by atoms with Gasteiger partial charge in [-0.2, -0.15) is 5.10 Å². The van der Waals surface area contributed by atoms with Crippen LogP contribution in [0.25, 0.3) is 0 Å². The summed E-state index contributed by atoms with van der Waals surface area (Å²) in [7, 11) is 0. The number of nitrogen functional groups attached to an aromatic ring is 1. The second kappa shape index (κ2) is 4.86. The lowest BCUT2D eigenvalue weighted by Gasteiger charge is -2.14. The van der Waals surface area contributed by atoms with Gasteiger partial charge in [0.25, 0.3) is 0 Å². The van der Waals surface area contributed by atoms with Crippen LogP contribution >= 0.6 is 34.2 Å². The van der Waals surface area contributed by atoms with Crippen LogP contribution in [0, 0.1) is 10.5 Å². The van der Waals surface area contributed by atoms with E-state index in [9.17, 15) is 0 Å². The molecule has 1 aromatic carbocycles. The number of benzene rings is 1. The quantitative estimate of drug-likeness (QED) is 0.830. The topological polar surface area (TPSA) is 43.8 Å². The molecule has 1 heterocycles. The Morgan fingerprint density at radius 1 is 1.35 bits per heavy atom. The van der Waals surface area contributed by atoms with Gasteiger partial charge in [0.15, 0.2) is 0 Å². The highest BCUT2D eigenvalue weighted by molar-refractivity contribution is 14.1. The SMILES string of the molecule is Cc1nn(C(C)c2ccc(I)cc2)c(N)c1Cl. The van der Waals surface area contributed by atoms with Gasteiger partial charge in [-0.05, 0) is 54.1 Å². The van der Waals surface area contributed by atoms with E-state index >= 15 is 0 Å². The number of aryl methyl sites for hydroxylation is 1. The van der Waals surface area contributed by atoms with Crippen LogP contribution in [-0.2, 0) is 0 Å². The number of nitrogens with two attached hydrogens (primary N) is 1. The van der Waals surface area contributed by atoms with E-state index in [0.717, 1.165) is 11.3 Å². The van der Waals surface area contributed by atoms with Gasteiger partial charge in [0, 0.05) is 3.57 Å². The zero-order valence-electron chi connectivity index (χ0n) is 9.61. The summed E-state index contributed by atoms with van der Waals surface area (Å²) in [6, 6.07) is 8.38. The van der Waals surface area contributed by atoms with Crippen molar-refractivity contribution in [3.05, 3.63) is 44.1 Å². The van der Waals surface area contributed by atoms with Crippen molar-refractivity contribution in [1.82, 2.24) is 9.78 Å². The van der Waals surface area contributed by atoms with Gasteiger partial charge in [0.1, 0.15) is 10.8 Å². The molecule has 0 saturated carbocycles. The first-order chi connectivity index (χ1) is 8.00. The number of hydrogen-bond acceptors (Lipinski definition) is 2. The lowest BCUT2D eigenvalue weighted by atomic mass is 10.1. The van der Waals surface area contributed by atoms with Crippen molar-refractivity contribution in [3.63, 3.8) is 0 Å². The molecule has 5 heteroatoms. The molecule has 1 unspecified atom stereocenters. The summed E-state index contributed by atoms with van der Waals surface area (Å²) in [4.78, 5) is 0. The van der Waals surface area contributed by atoms with Crippen LogP contribution in [0.5, 0.6) is 0 Å². The Morgan fingerprint density at radius 2 is 1.94 bits per heavy atom. The lowest BCUT2D eigenvalue weighted by Crippen LogP contribution is -2.11. The van der Waals surface area contributed by atoms with Gasteiger partial charge >= 0.3 is 0 Å². The molecule has 0 aliphatic carbocycles. The molecule has 17 heavy (non-hydrogen) atoms. The first-order valence-electron chi connectivity index (χ1n) is 5.26. The van der Waals surface area contributed by atoms with Gasteiger partial charge in [0.05, 0.1) is 11.7 Å². The van der Waals surface area contributed by atoms with E-state index in [2.05, 4.69) is 58.9 Å². The van der Waals surface area contributed by atoms with E-state index < -0.39 is 0 Å². The average molecular weight is 362 g/mol. The molecule has 2 N–H and O–H groups in total. The third-order valence-corrected chi connectivity index (χ3v) is 3.95. The number of nitrogens with zero attached hydrogens (tertiary/aromatic N) is 2. The third-order valence-electron chi connectivity index (χ3n) is 2.77. The third kappa shape index (κ3) is 2.42. The van der Waals surface area contributed by atoms with E-state index in [1.54, 1.807) is 4.68 Å². The summed E-state index contributed by atoms with van der Waals surface area (Å²) in [5.41, 5.74) is 7.87. The second-order valence-electron chi connectivity index (χ2n) is 3.96. The van der Waals surface area contributed by atoms with Gasteiger partial charge in [-0.15, -0.1) is 0 Å². The van der Waals surface area contributed by atoms with Gasteiger partial charge in [0.2, 0.25) is 0 Å². The molecule has 1 aromatic heterocycles. The Bertz CT molecular complexity index is 533. The van der Waals surface area contributed by atoms with Crippen molar-refractivity contribution >= 4 is 40.0 Å². The fourth-order valence-corrected chi connectivity index (χ4v) is 2.21. The number of aromatic nitrogens is 2. The zero-order chi connectivity index (χ0) is 12.6. The maximum atomic E-state index is 6.05. The Hall–Kier alpha value is -0.750. The standard InChI is InChI=1S/C12H13ClIN3/c1-7-11(13)12(15)17(16-7)8(2)9-3-5-10(14)6-4-9/h3-6,8H,15H2,1-2H3. The molecule has 3 nitrogen and oxygen atoms in total. The highest BCUT2D eigenvalue weighted by Crippen LogP contribution is 2.28. The summed E-state index contributed by atoms with van der Waals surface area (Å²) in [6.45, 7) is 3.91. The van der Waals surface area contributed by atoms with E-state index in [0.29, 0.717) is 10.8 Å². The fraction of sp³-hybridized carbons (Fsp3) is 0.250. The number of hydrogen-bond donors (Lipinski definition) is 1. The molecule has 0 saturated heterocycles. The molecule has 0 aliphatic rings. The van der Waals surface area contributed by atoms with Crippen molar-refractivity contribution in [2.45, 2.75) is 19.9 Å². The molecule has 1 atom stereocenters. The van der Waals surface area contributed by atoms with Crippen LogP contribution in [0.1, 0.15) is 24.2 Å². The molecule has 0 amide bonds. The molecular formula is C12H13ClIN3. The fourth-order valence-electron chi connectivity index (χ4n) is 1.72. The smallest absolute Gasteiger partial charge is 0.141 e. The molecular weight excluding hydrogens is 349 g/mol. The highest BCUT2D eigenvalue weighted by Gasteiger charge is 2.16. The minimum atomic E-state index is 0.0817. The minimum Gasteiger partial charge on any atom is -0.383 e. The molecule has 0 aliphatic heterocycles. The van der Waals surface area contributed by atoms with Crippen LogP contribution in [0.4, 0.5) is 5.82 Å². The first-order valence-corrected chi connectivity index (χ1v) is 6.72. The maximum absolute atomic E-state index is 6.05. The second-order valence-corrected chi connectivity index (χ2v) is 5.58. The monoisotopic (exact) mass is 361 g/mol. The molecule has 2 aromatic rings. The predicted octanol–water partition coefficient (Wildman–Crippen LogP) is 3.64. The van der Waals surface area contributed by atoms with Crippen molar-refractivity contribution in [1.29, 1.82) is 0 Å². The summed E-state index contributed by atoms with van der Waals surface area (Å²) in [6.07, 6.45) is 0. The Morgan fingerprint density at radius 3 is 2.41 bits per heavy atom. The van der Waals surface area contributed by atoms with Gasteiger partial charge in [-0.3, -0.25) is 0 Å². The number of halogens is 2. The Kier molecular flexibility index (Phi) is 3.63. The maximum Gasteiger partial charge on any atom is 0.141 e. The molecule has 90 valence electrons. The van der Waals surface area contributed by atoms with E-state index in [4.69, 9.17) is 17.3 Å². The summed E-state index contributed by atoms with van der Waals surface area (Å²) in [5.74, 6) is 0.523. The largest absolute Gasteiger partial charge is 0.383 e. The Balaban J connectivity index is 2.40. The molecule has 0 bridgehead atoms. The molecule has 0 fully saturated rings. The van der Waals surface area contributed by atoms with E-state index in [1.165, 1.54) is 3.57 Å². The summed E-state index contributed by atoms with van der Waals surface area (Å²) in [5, 5.41) is 4.91. The zero-order valence-corrected chi connectivity index (χ0v) is 12.5. The van der Waals surface area contributed by atoms with Crippen molar-refractivity contribution in [2.75, 3.05) is 5.73 Å². The van der Waals surface area contributed by atoms with Gasteiger partial charge in [-0.25, -0.2) is 4.68 Å². The highest BCUT2D eigenvalue weighted by atomic mass is 127. The molecule has 0 radical (unpaired) electrons. The van der Waals surface area contributed by atoms with Crippen LogP contribution in [-0.4, -0.2) is 9.78 Å². The van der Waals surface area contributed by atoms with Gasteiger partial charge < -0.3 is 5.73 Å². The lowest BCUT2D eigenvalue weighted by molar-refractivity contribution is 0.569. The van der Waals surface area contributed by atoms with Crippen molar-refractivity contribution < 1.29 is 0 Å². The van der Waals surface area contributed by atoms with Gasteiger partial charge in [-0.1, -0.05) is 23.7 Å². The van der Waals surface area contributed by atoms with E-state index in [1.807, 2.05) is 6.92 Å². The van der Waals surface area contributed by atoms with Crippen LogP contribution in [0.15, 0.2) is 24.3 Å². The van der Waals surface area contributed by atoms with Crippen LogP contribution in [0.2, 0.25) is 5.02 Å². The van der Waals surface area contributed by atoms with Crippen molar-refractivity contribution in [2.24, 2.45) is 0 Å². The summed E-state index contributed by atoms with van der Waals surface area (Å²) < 4.78 is 2.97. The Labute approximate surface area is 119 Å². The number of anilines is 1. The van der Waals surface area contributed by atoms with Crippen molar-refractivity contribution in [3.8, 4) is 0 Å². The molecule has 2 rings (SSSR count). The average Bonchev–Trinajstić information content (AvgIpc) is 2.57. The van der Waals surface area contributed by atoms with E-state index in [-0.39, 0.29) is 6.04 Å². The minimum absolute atomic E-state index is 0.0817. The molecule has 0 spiro atoms. The number of rotatable bonds is 2. The van der Waals surface area contributed by atoms with Crippen LogP contribution < -0.4 is 5.73 Å². The normalized spacial score (nSPS) is 12.7.